The van der Waals surface area contributed by atoms with Crippen molar-refractivity contribution in [2.24, 2.45) is 0 Å². The van der Waals surface area contributed by atoms with Crippen LogP contribution in [0.25, 0.3) is 0 Å². The maximum Gasteiger partial charge on any atom is -0.107 e. The van der Waals surface area contributed by atoms with Gasteiger partial charge in [-0.15, -0.1) is 24.0 Å². The Kier molecular flexibility index (Phi) is 5.78. The van der Waals surface area contributed by atoms with Crippen LogP contribution in [-0.2, 0) is 0 Å². The Morgan fingerprint density at radius 1 is 0.481 bits per heavy atom. The first-order chi connectivity index (χ1) is 12.7. The monoisotopic (exact) mass is 484 g/mol. The maximum absolute atomic E-state index is 2.90. The van der Waals surface area contributed by atoms with E-state index >= 15 is 0 Å². The molecular weight excluding hydrogens is 460 g/mol. The van der Waals surface area contributed by atoms with E-state index in [1.807, 2.05) is 0 Å². The first-order valence-corrected chi connectivity index (χ1v) is 11.5. The zero-order valence-corrected chi connectivity index (χ0v) is 18.6. The van der Waals surface area contributed by atoms with Crippen molar-refractivity contribution in [3.63, 3.8) is 0 Å². The second kappa shape index (κ2) is 7.92. The van der Waals surface area contributed by atoms with Gasteiger partial charge in [-0.2, -0.15) is 0 Å². The first-order valence-electron chi connectivity index (χ1n) is 8.90. The van der Waals surface area contributed by atoms with Crippen LogP contribution in [0.4, 0.5) is 0 Å². The van der Waals surface area contributed by atoms with Gasteiger partial charge in [0.2, 0.25) is 0 Å². The summed E-state index contributed by atoms with van der Waals surface area (Å²) in [7, 11) is 0. The number of hydrogen-bond acceptors (Lipinski definition) is 0. The molecule has 0 N–H and O–H groups in total. The second-order valence-corrected chi connectivity index (χ2v) is 11.8. The summed E-state index contributed by atoms with van der Waals surface area (Å²) in [6.45, 7) is -0.450. The van der Waals surface area contributed by atoms with Gasteiger partial charge in [0, 0.05) is 0 Å². The van der Waals surface area contributed by atoms with E-state index in [1.54, 1.807) is 0 Å². The molecule has 0 aliphatic heterocycles. The Morgan fingerprint density at radius 2 is 0.778 bits per heavy atom. The predicted octanol–water partition coefficient (Wildman–Crippen LogP) is 4.51. The van der Waals surface area contributed by atoms with E-state index in [9.17, 15) is 0 Å². The van der Waals surface area contributed by atoms with Gasteiger partial charge >= 0.3 is 155 Å². The van der Waals surface area contributed by atoms with Crippen molar-refractivity contribution < 1.29 is 4.34 Å². The van der Waals surface area contributed by atoms with Gasteiger partial charge < -0.3 is 0 Å². The van der Waals surface area contributed by atoms with Gasteiger partial charge in [-0.1, -0.05) is 0 Å². The van der Waals surface area contributed by atoms with Gasteiger partial charge in [-0.05, 0) is 0 Å². The minimum absolute atomic E-state index is 0. The average Bonchev–Trinajstić information content (AvgIpc) is 2.76. The quantitative estimate of drug-likeness (QED) is 0.297. The number of nitrogens with zero attached hydrogens (tertiary/aromatic N) is 1. The third kappa shape index (κ3) is 3.01. The van der Waals surface area contributed by atoms with Gasteiger partial charge in [0.25, 0.3) is 0 Å². The van der Waals surface area contributed by atoms with Crippen LogP contribution in [0.3, 0.4) is 0 Å². The summed E-state index contributed by atoms with van der Waals surface area (Å²) in [6, 6.07) is 39.2. The summed E-state index contributed by atoms with van der Waals surface area (Å²) in [5, 5.41) is 4.06. The fourth-order valence-corrected chi connectivity index (χ4v) is 9.17. The number of rotatable bonds is 4. The molecule has 0 spiro atoms. The third-order valence-electron chi connectivity index (χ3n) is 5.44. The van der Waals surface area contributed by atoms with E-state index in [0.717, 1.165) is 0 Å². The van der Waals surface area contributed by atoms with Crippen molar-refractivity contribution in [1.29, 1.82) is 0 Å². The fourth-order valence-electron chi connectivity index (χ4n) is 3.95. The van der Waals surface area contributed by atoms with Crippen molar-refractivity contribution in [3.05, 3.63) is 122 Å². The molecule has 0 aliphatic carbocycles. The molecule has 0 unspecified atom stereocenters. The molecule has 0 radical (unpaired) electrons. The largest absolute Gasteiger partial charge is 0.107 e. The summed E-state index contributed by atoms with van der Waals surface area (Å²) in [5.41, 5.74) is 0. The molecule has 27 heavy (non-hydrogen) atoms. The minimum atomic E-state index is -2.90. The van der Waals surface area contributed by atoms with E-state index in [2.05, 4.69) is 133 Å². The molecule has 1 heterocycles. The second-order valence-electron chi connectivity index (χ2n) is 6.77. The zero-order valence-electron chi connectivity index (χ0n) is 15.3. The van der Waals surface area contributed by atoms with Crippen LogP contribution >= 0.6 is 30.7 Å². The minimum Gasteiger partial charge on any atom is -0.107 e. The molecule has 1 aromatic heterocycles. The Labute approximate surface area is 178 Å². The van der Waals surface area contributed by atoms with Crippen molar-refractivity contribution in [2.45, 2.75) is 0 Å². The molecule has 0 saturated heterocycles. The molecule has 0 aliphatic rings. The van der Waals surface area contributed by atoms with Crippen molar-refractivity contribution in [1.82, 2.24) is 0 Å². The molecule has 4 aromatic rings. The number of hydrogen-bond donors (Lipinski definition) is 0. The zero-order chi connectivity index (χ0) is 17.9. The van der Waals surface area contributed by atoms with Crippen LogP contribution in [0.5, 0.6) is 0 Å². The van der Waals surface area contributed by atoms with Gasteiger partial charge in [-0.3, -0.25) is 0 Å². The van der Waals surface area contributed by atoms with E-state index in [1.165, 1.54) is 15.9 Å². The number of halogens is 1. The number of pyridine rings is 1. The van der Waals surface area contributed by atoms with Gasteiger partial charge in [0.15, 0.2) is 0 Å². The summed E-state index contributed by atoms with van der Waals surface area (Å²) in [6.07, 6.45) is 4.43. The SMILES string of the molecule is CP(c1ccccc1)(c1ccccc1)(c1ccccc1)[n+]1ccccc1.I. The van der Waals surface area contributed by atoms with Crippen LogP contribution in [0.2, 0.25) is 0 Å². The normalized spacial score (nSPS) is 12.4. The summed E-state index contributed by atoms with van der Waals surface area (Å²) < 4.78 is 2.45. The van der Waals surface area contributed by atoms with E-state index in [4.69, 9.17) is 0 Å². The Bertz CT molecular complexity index is 820. The predicted molar refractivity (Wildman–Crippen MR) is 129 cm³/mol. The molecular formula is C24H24INP+. The molecule has 136 valence electrons. The summed E-state index contributed by atoms with van der Waals surface area (Å²) in [4.78, 5) is 0. The van der Waals surface area contributed by atoms with Crippen LogP contribution in [0.1, 0.15) is 0 Å². The Morgan fingerprint density at radius 3 is 1.11 bits per heavy atom. The standard InChI is InChI=1S/C24H23NP.HI/c1-26(22-14-6-2-7-15-22,23-16-8-3-9-17-23,24-18-10-4-11-19-24)25-20-12-5-13-21-25;/h2-21H,1H3;1H/q+1;. The van der Waals surface area contributed by atoms with Crippen molar-refractivity contribution in [2.75, 3.05) is 6.66 Å². The van der Waals surface area contributed by atoms with E-state index in [-0.39, 0.29) is 24.0 Å². The van der Waals surface area contributed by atoms with Gasteiger partial charge in [0.05, 0.1) is 0 Å². The topological polar surface area (TPSA) is 3.88 Å². The maximum atomic E-state index is 2.45. The van der Waals surface area contributed by atoms with Gasteiger partial charge in [0.1, 0.15) is 0 Å². The molecule has 0 amide bonds. The summed E-state index contributed by atoms with van der Waals surface area (Å²) >= 11 is 0. The Hall–Kier alpha value is -2.03. The van der Waals surface area contributed by atoms with Gasteiger partial charge in [-0.25, -0.2) is 0 Å². The molecule has 0 fully saturated rings. The van der Waals surface area contributed by atoms with E-state index < -0.39 is 6.75 Å². The summed E-state index contributed by atoms with van der Waals surface area (Å²) in [5.74, 6) is 0. The number of benzene rings is 3. The van der Waals surface area contributed by atoms with Crippen LogP contribution in [0, 0.1) is 0 Å². The van der Waals surface area contributed by atoms with E-state index in [0.29, 0.717) is 0 Å². The molecule has 1 nitrogen and oxygen atoms in total. The van der Waals surface area contributed by atoms with Crippen LogP contribution in [-0.4, -0.2) is 6.66 Å². The molecule has 3 heteroatoms. The molecule has 0 bridgehead atoms. The third-order valence-corrected chi connectivity index (χ3v) is 11.5. The molecule has 0 atom stereocenters. The Balaban J connectivity index is 0.00000210. The van der Waals surface area contributed by atoms with Crippen molar-refractivity contribution >= 4 is 46.6 Å². The molecule has 0 saturated carbocycles. The average molecular weight is 484 g/mol. The van der Waals surface area contributed by atoms with Crippen LogP contribution in [0.15, 0.2) is 122 Å². The fraction of sp³-hybridized carbons (Fsp3) is 0.0417. The molecule has 3 aromatic carbocycles. The first kappa shape index (κ1) is 19.7. The number of aromatic nitrogens is 1. The van der Waals surface area contributed by atoms with Crippen LogP contribution < -0.4 is 20.3 Å². The smallest absolute Gasteiger partial charge is 0.107 e. The van der Waals surface area contributed by atoms with Crippen molar-refractivity contribution in [3.8, 4) is 0 Å². The molecule has 4 rings (SSSR count).